The summed E-state index contributed by atoms with van der Waals surface area (Å²) in [5.41, 5.74) is -0.414. The SMILES string of the molecule is CC1(C)OC(=O)C(=CC=CC=CC2=C(O)OC(C)(C)OC2=O)C(=O)O1. The van der Waals surface area contributed by atoms with Crippen LogP contribution in [0.2, 0.25) is 0 Å². The average molecular weight is 350 g/mol. The van der Waals surface area contributed by atoms with Crippen LogP contribution >= 0.6 is 0 Å². The van der Waals surface area contributed by atoms with E-state index in [1.807, 2.05) is 0 Å². The number of esters is 3. The van der Waals surface area contributed by atoms with Crippen LogP contribution in [0.3, 0.4) is 0 Å². The number of allylic oxidation sites excluding steroid dienone is 4. The van der Waals surface area contributed by atoms with E-state index >= 15 is 0 Å². The lowest BCUT2D eigenvalue weighted by atomic mass is 10.2. The van der Waals surface area contributed by atoms with Crippen molar-refractivity contribution in [2.75, 3.05) is 0 Å². The van der Waals surface area contributed by atoms with Gasteiger partial charge >= 0.3 is 17.9 Å². The van der Waals surface area contributed by atoms with Crippen LogP contribution in [0, 0.1) is 0 Å². The van der Waals surface area contributed by atoms with Crippen LogP contribution in [0.1, 0.15) is 27.7 Å². The molecule has 1 fully saturated rings. The van der Waals surface area contributed by atoms with Crippen LogP contribution < -0.4 is 0 Å². The molecule has 0 bridgehead atoms. The Morgan fingerprint density at radius 2 is 1.28 bits per heavy atom. The fourth-order valence-corrected chi connectivity index (χ4v) is 1.98. The lowest BCUT2D eigenvalue weighted by molar-refractivity contribution is -0.223. The molecule has 0 aliphatic carbocycles. The number of ether oxygens (including phenoxy) is 4. The Morgan fingerprint density at radius 1 is 0.760 bits per heavy atom. The molecule has 0 spiro atoms. The van der Waals surface area contributed by atoms with Crippen LogP contribution in [-0.2, 0) is 33.3 Å². The minimum Gasteiger partial charge on any atom is -0.480 e. The molecule has 8 heteroatoms. The Kier molecular flexibility index (Phi) is 4.73. The van der Waals surface area contributed by atoms with Crippen molar-refractivity contribution in [3.05, 3.63) is 47.5 Å². The Balaban J connectivity index is 2.06. The van der Waals surface area contributed by atoms with E-state index in [0.29, 0.717) is 0 Å². The lowest BCUT2D eigenvalue weighted by Gasteiger charge is -2.29. The van der Waals surface area contributed by atoms with E-state index in [1.54, 1.807) is 0 Å². The zero-order valence-corrected chi connectivity index (χ0v) is 14.2. The fraction of sp³-hybridized carbons (Fsp3) is 0.353. The number of cyclic esters (lactones) is 3. The molecule has 8 nitrogen and oxygen atoms in total. The van der Waals surface area contributed by atoms with E-state index in [0.717, 1.165) is 0 Å². The maximum atomic E-state index is 11.7. The van der Waals surface area contributed by atoms with Gasteiger partial charge in [0.2, 0.25) is 0 Å². The van der Waals surface area contributed by atoms with Gasteiger partial charge in [0.25, 0.3) is 17.5 Å². The van der Waals surface area contributed by atoms with E-state index in [2.05, 4.69) is 0 Å². The Morgan fingerprint density at radius 3 is 1.84 bits per heavy atom. The molecule has 0 unspecified atom stereocenters. The van der Waals surface area contributed by atoms with Crippen LogP contribution in [0.5, 0.6) is 0 Å². The van der Waals surface area contributed by atoms with E-state index in [9.17, 15) is 19.5 Å². The topological polar surface area (TPSA) is 108 Å². The third-order valence-electron chi connectivity index (χ3n) is 3.00. The van der Waals surface area contributed by atoms with Gasteiger partial charge in [0.15, 0.2) is 0 Å². The molecule has 0 aromatic carbocycles. The second kappa shape index (κ2) is 6.46. The summed E-state index contributed by atoms with van der Waals surface area (Å²) in [6, 6.07) is 0. The largest absolute Gasteiger partial charge is 0.480 e. The van der Waals surface area contributed by atoms with Crippen molar-refractivity contribution in [2.45, 2.75) is 39.3 Å². The smallest absolute Gasteiger partial charge is 0.348 e. The highest BCUT2D eigenvalue weighted by Crippen LogP contribution is 2.25. The zero-order chi connectivity index (χ0) is 18.8. The van der Waals surface area contributed by atoms with Gasteiger partial charge in [-0.15, -0.1) is 0 Å². The highest BCUT2D eigenvalue weighted by Gasteiger charge is 2.38. The number of rotatable bonds is 3. The summed E-state index contributed by atoms with van der Waals surface area (Å²) in [6.07, 6.45) is 6.69. The van der Waals surface area contributed by atoms with Gasteiger partial charge in [-0.3, -0.25) is 0 Å². The Labute approximate surface area is 144 Å². The standard InChI is InChI=1S/C17H18O8/c1-16(2)22-12(18)10(13(19)23-16)8-6-5-7-9-11-14(20)24-17(3,4)25-15(11)21/h5-9,18H,1-4H3. The fourth-order valence-electron chi connectivity index (χ4n) is 1.98. The highest BCUT2D eigenvalue weighted by molar-refractivity contribution is 6.15. The molecule has 0 amide bonds. The van der Waals surface area contributed by atoms with Crippen LogP contribution in [0.25, 0.3) is 0 Å². The third-order valence-corrected chi connectivity index (χ3v) is 3.00. The van der Waals surface area contributed by atoms with E-state index in [1.165, 1.54) is 58.1 Å². The molecule has 2 rings (SSSR count). The maximum Gasteiger partial charge on any atom is 0.348 e. The van der Waals surface area contributed by atoms with E-state index in [4.69, 9.17) is 18.9 Å². The molecule has 0 aromatic heterocycles. The van der Waals surface area contributed by atoms with Crippen molar-refractivity contribution in [1.29, 1.82) is 0 Å². The first-order chi connectivity index (χ1) is 11.5. The van der Waals surface area contributed by atoms with Crippen LogP contribution in [-0.4, -0.2) is 34.6 Å². The molecule has 2 aliphatic heterocycles. The van der Waals surface area contributed by atoms with Crippen molar-refractivity contribution in [3.63, 3.8) is 0 Å². The van der Waals surface area contributed by atoms with Gasteiger partial charge in [0.1, 0.15) is 11.1 Å². The van der Waals surface area contributed by atoms with Crippen molar-refractivity contribution < 1.29 is 38.4 Å². The van der Waals surface area contributed by atoms with Gasteiger partial charge in [0, 0.05) is 27.7 Å². The Hall–Kier alpha value is -3.03. The first kappa shape index (κ1) is 18.3. The highest BCUT2D eigenvalue weighted by atomic mass is 16.8. The molecule has 1 saturated heterocycles. The van der Waals surface area contributed by atoms with Crippen molar-refractivity contribution in [3.8, 4) is 0 Å². The van der Waals surface area contributed by atoms with Crippen molar-refractivity contribution in [1.82, 2.24) is 0 Å². The number of hydrogen-bond acceptors (Lipinski definition) is 8. The molecule has 0 aromatic rings. The number of aliphatic hydroxyl groups is 1. The first-order valence-corrected chi connectivity index (χ1v) is 7.38. The maximum absolute atomic E-state index is 11.7. The van der Waals surface area contributed by atoms with Crippen molar-refractivity contribution >= 4 is 17.9 Å². The molecule has 0 saturated carbocycles. The number of hydrogen-bond donors (Lipinski definition) is 1. The van der Waals surface area contributed by atoms with Gasteiger partial charge in [-0.05, 0) is 12.2 Å². The summed E-state index contributed by atoms with van der Waals surface area (Å²) in [4.78, 5) is 35.2. The average Bonchev–Trinajstić information content (AvgIpc) is 2.40. The normalized spacial score (nSPS) is 22.6. The Bertz CT molecular complexity index is 712. The predicted molar refractivity (Wildman–Crippen MR) is 83.5 cm³/mol. The second-order valence-electron chi connectivity index (χ2n) is 6.11. The quantitative estimate of drug-likeness (QED) is 0.356. The van der Waals surface area contributed by atoms with Gasteiger partial charge in [-0.25, -0.2) is 14.4 Å². The first-order valence-electron chi connectivity index (χ1n) is 7.38. The molecule has 0 atom stereocenters. The summed E-state index contributed by atoms with van der Waals surface area (Å²) >= 11 is 0. The monoisotopic (exact) mass is 350 g/mol. The van der Waals surface area contributed by atoms with Gasteiger partial charge in [-0.1, -0.05) is 18.2 Å². The van der Waals surface area contributed by atoms with Crippen molar-refractivity contribution in [2.24, 2.45) is 0 Å². The lowest BCUT2D eigenvalue weighted by Crippen LogP contribution is -2.41. The minimum atomic E-state index is -1.30. The number of carbonyl (C=O) groups is 3. The van der Waals surface area contributed by atoms with E-state index in [-0.39, 0.29) is 11.1 Å². The zero-order valence-electron chi connectivity index (χ0n) is 14.2. The number of aliphatic hydroxyl groups excluding tert-OH is 1. The summed E-state index contributed by atoms with van der Waals surface area (Å²) < 4.78 is 19.9. The molecule has 2 aliphatic rings. The van der Waals surface area contributed by atoms with Gasteiger partial charge in [0.05, 0.1) is 0 Å². The molecule has 25 heavy (non-hydrogen) atoms. The summed E-state index contributed by atoms with van der Waals surface area (Å²) in [6.45, 7) is 5.87. The van der Waals surface area contributed by atoms with Crippen LogP contribution in [0.4, 0.5) is 0 Å². The third kappa shape index (κ3) is 4.50. The minimum absolute atomic E-state index is 0.158. The second-order valence-corrected chi connectivity index (χ2v) is 6.11. The van der Waals surface area contributed by atoms with Crippen LogP contribution in [0.15, 0.2) is 47.5 Å². The van der Waals surface area contributed by atoms with Gasteiger partial charge in [-0.2, -0.15) is 0 Å². The number of carbonyl (C=O) groups excluding carboxylic acids is 3. The molecular formula is C17H18O8. The molecular weight excluding hydrogens is 332 g/mol. The molecule has 0 radical (unpaired) electrons. The summed E-state index contributed by atoms with van der Waals surface area (Å²) in [7, 11) is 0. The summed E-state index contributed by atoms with van der Waals surface area (Å²) in [5.74, 6) is -5.41. The molecule has 1 N–H and O–H groups in total. The van der Waals surface area contributed by atoms with E-state index < -0.39 is 35.4 Å². The molecule has 2 heterocycles. The molecule has 134 valence electrons. The predicted octanol–water partition coefficient (Wildman–Crippen LogP) is 1.94. The summed E-state index contributed by atoms with van der Waals surface area (Å²) in [5, 5.41) is 9.70. The van der Waals surface area contributed by atoms with Gasteiger partial charge < -0.3 is 24.1 Å².